The molecule has 0 bridgehead atoms. The second-order valence-electron chi connectivity index (χ2n) is 3.81. The van der Waals surface area contributed by atoms with Gasteiger partial charge in [0, 0.05) is 10.6 Å². The highest BCUT2D eigenvalue weighted by Gasteiger charge is 2.07. The Morgan fingerprint density at radius 3 is 2.50 bits per heavy atom. The van der Waals surface area contributed by atoms with E-state index in [9.17, 15) is 4.21 Å². The van der Waals surface area contributed by atoms with Crippen LogP contribution in [0.15, 0.2) is 47.4 Å². The Labute approximate surface area is 118 Å². The summed E-state index contributed by atoms with van der Waals surface area (Å²) < 4.78 is 12.1. The number of anilines is 1. The standard InChI is InChI=1S/C13H11Cl2NOS/c14-12-5-4-9(6-13(12)15)8-18(17)11-3-1-2-10(16)7-11/h1-7H,8,16H2. The number of nitrogens with two attached hydrogens (primary N) is 1. The van der Waals surface area contributed by atoms with Gasteiger partial charge in [0.05, 0.1) is 26.6 Å². The summed E-state index contributed by atoms with van der Waals surface area (Å²) in [5.74, 6) is 0.389. The van der Waals surface area contributed by atoms with E-state index in [-0.39, 0.29) is 0 Å². The number of benzene rings is 2. The predicted octanol–water partition coefficient (Wildman–Crippen LogP) is 3.88. The lowest BCUT2D eigenvalue weighted by molar-refractivity contribution is 0.682. The van der Waals surface area contributed by atoms with Gasteiger partial charge < -0.3 is 5.73 Å². The topological polar surface area (TPSA) is 43.1 Å². The quantitative estimate of drug-likeness (QED) is 0.874. The molecule has 0 aliphatic rings. The zero-order chi connectivity index (χ0) is 13.1. The molecule has 0 saturated carbocycles. The zero-order valence-corrected chi connectivity index (χ0v) is 11.7. The summed E-state index contributed by atoms with van der Waals surface area (Å²) in [7, 11) is -1.14. The second kappa shape index (κ2) is 5.74. The molecule has 0 aliphatic heterocycles. The molecule has 0 radical (unpaired) electrons. The largest absolute Gasteiger partial charge is 0.399 e. The van der Waals surface area contributed by atoms with Crippen LogP contribution in [0.2, 0.25) is 10.0 Å². The number of hydrogen-bond acceptors (Lipinski definition) is 2. The molecule has 0 amide bonds. The highest BCUT2D eigenvalue weighted by atomic mass is 35.5. The summed E-state index contributed by atoms with van der Waals surface area (Å²) in [6.45, 7) is 0. The van der Waals surface area contributed by atoms with Gasteiger partial charge in [0.2, 0.25) is 0 Å². The van der Waals surface area contributed by atoms with Gasteiger partial charge in [0.25, 0.3) is 0 Å². The first-order chi connectivity index (χ1) is 8.56. The van der Waals surface area contributed by atoms with E-state index in [0.29, 0.717) is 26.4 Å². The summed E-state index contributed by atoms with van der Waals surface area (Å²) >= 11 is 11.7. The molecular formula is C13H11Cl2NOS. The van der Waals surface area contributed by atoms with Crippen molar-refractivity contribution < 1.29 is 4.21 Å². The second-order valence-corrected chi connectivity index (χ2v) is 6.08. The molecule has 0 saturated heterocycles. The molecular weight excluding hydrogens is 289 g/mol. The van der Waals surface area contributed by atoms with Gasteiger partial charge in [-0.3, -0.25) is 4.21 Å². The predicted molar refractivity (Wildman–Crippen MR) is 77.4 cm³/mol. The Hall–Kier alpha value is -1.03. The molecule has 2 rings (SSSR count). The lowest BCUT2D eigenvalue weighted by Crippen LogP contribution is -1.97. The Morgan fingerprint density at radius 2 is 1.83 bits per heavy atom. The van der Waals surface area contributed by atoms with E-state index in [0.717, 1.165) is 5.56 Å². The van der Waals surface area contributed by atoms with Crippen molar-refractivity contribution in [2.75, 3.05) is 5.73 Å². The third-order valence-electron chi connectivity index (χ3n) is 2.40. The van der Waals surface area contributed by atoms with Gasteiger partial charge in [-0.2, -0.15) is 0 Å². The third kappa shape index (κ3) is 3.25. The Kier molecular flexibility index (Phi) is 4.27. The minimum absolute atomic E-state index is 0.389. The molecule has 1 atom stereocenters. The first-order valence-electron chi connectivity index (χ1n) is 5.24. The van der Waals surface area contributed by atoms with E-state index in [1.807, 2.05) is 6.07 Å². The van der Waals surface area contributed by atoms with E-state index in [2.05, 4.69) is 0 Å². The summed E-state index contributed by atoms with van der Waals surface area (Å²) in [5.41, 5.74) is 7.15. The molecule has 94 valence electrons. The molecule has 18 heavy (non-hydrogen) atoms. The molecule has 0 aliphatic carbocycles. The van der Waals surface area contributed by atoms with Crippen LogP contribution >= 0.6 is 23.2 Å². The van der Waals surface area contributed by atoms with Crippen LogP contribution in [0.4, 0.5) is 5.69 Å². The lowest BCUT2D eigenvalue weighted by Gasteiger charge is -2.05. The van der Waals surface area contributed by atoms with E-state index in [4.69, 9.17) is 28.9 Å². The van der Waals surface area contributed by atoms with Crippen molar-refractivity contribution in [2.24, 2.45) is 0 Å². The van der Waals surface area contributed by atoms with Gasteiger partial charge >= 0.3 is 0 Å². The van der Waals surface area contributed by atoms with Gasteiger partial charge in [-0.25, -0.2) is 0 Å². The summed E-state index contributed by atoms with van der Waals surface area (Å²) in [5, 5.41) is 0.967. The molecule has 0 spiro atoms. The minimum Gasteiger partial charge on any atom is -0.399 e. The van der Waals surface area contributed by atoms with Gasteiger partial charge in [-0.15, -0.1) is 0 Å². The molecule has 2 nitrogen and oxygen atoms in total. The fraction of sp³-hybridized carbons (Fsp3) is 0.0769. The zero-order valence-electron chi connectivity index (χ0n) is 9.40. The van der Waals surface area contributed by atoms with Crippen LogP contribution in [0.5, 0.6) is 0 Å². The van der Waals surface area contributed by atoms with Gasteiger partial charge in [0.1, 0.15) is 0 Å². The van der Waals surface area contributed by atoms with E-state index in [1.54, 1.807) is 36.4 Å². The maximum atomic E-state index is 12.1. The maximum absolute atomic E-state index is 12.1. The highest BCUT2D eigenvalue weighted by Crippen LogP contribution is 2.24. The molecule has 0 fully saturated rings. The van der Waals surface area contributed by atoms with Crippen molar-refractivity contribution in [1.82, 2.24) is 0 Å². The number of rotatable bonds is 3. The first kappa shape index (κ1) is 13.4. The normalized spacial score (nSPS) is 12.3. The molecule has 2 N–H and O–H groups in total. The van der Waals surface area contributed by atoms with Crippen molar-refractivity contribution in [3.8, 4) is 0 Å². The number of halogens is 2. The van der Waals surface area contributed by atoms with Crippen LogP contribution in [0.25, 0.3) is 0 Å². The van der Waals surface area contributed by atoms with Crippen molar-refractivity contribution >= 4 is 39.7 Å². The fourth-order valence-electron chi connectivity index (χ4n) is 1.52. The third-order valence-corrected chi connectivity index (χ3v) is 4.52. The van der Waals surface area contributed by atoms with Crippen LogP contribution in [-0.4, -0.2) is 4.21 Å². The van der Waals surface area contributed by atoms with Crippen LogP contribution in [0.1, 0.15) is 5.56 Å². The Morgan fingerprint density at radius 1 is 1.06 bits per heavy atom. The highest BCUT2D eigenvalue weighted by molar-refractivity contribution is 7.84. The van der Waals surface area contributed by atoms with Crippen LogP contribution in [0, 0.1) is 0 Å². The minimum atomic E-state index is -1.14. The van der Waals surface area contributed by atoms with Crippen molar-refractivity contribution in [1.29, 1.82) is 0 Å². The molecule has 0 heterocycles. The average molecular weight is 300 g/mol. The van der Waals surface area contributed by atoms with Crippen molar-refractivity contribution in [2.45, 2.75) is 10.6 Å². The Bertz CT molecular complexity index is 601. The van der Waals surface area contributed by atoms with E-state index in [1.165, 1.54) is 0 Å². The van der Waals surface area contributed by atoms with E-state index < -0.39 is 10.8 Å². The first-order valence-corrected chi connectivity index (χ1v) is 7.31. The van der Waals surface area contributed by atoms with Crippen molar-refractivity contribution in [3.05, 3.63) is 58.1 Å². The van der Waals surface area contributed by atoms with Crippen LogP contribution < -0.4 is 5.73 Å². The fourth-order valence-corrected chi connectivity index (χ4v) is 2.99. The SMILES string of the molecule is Nc1cccc(S(=O)Cc2ccc(Cl)c(Cl)c2)c1. The van der Waals surface area contributed by atoms with Crippen LogP contribution in [0.3, 0.4) is 0 Å². The average Bonchev–Trinajstić information content (AvgIpc) is 2.34. The van der Waals surface area contributed by atoms with Crippen LogP contribution in [-0.2, 0) is 16.6 Å². The van der Waals surface area contributed by atoms with Gasteiger partial charge in [-0.05, 0) is 35.9 Å². The van der Waals surface area contributed by atoms with Crippen molar-refractivity contribution in [3.63, 3.8) is 0 Å². The number of nitrogen functional groups attached to an aromatic ring is 1. The molecule has 5 heteroatoms. The maximum Gasteiger partial charge on any atom is 0.0595 e. The summed E-state index contributed by atoms with van der Waals surface area (Å²) in [4.78, 5) is 0.709. The van der Waals surface area contributed by atoms with Gasteiger partial charge in [-0.1, -0.05) is 35.3 Å². The Balaban J connectivity index is 2.18. The molecule has 2 aromatic carbocycles. The summed E-state index contributed by atoms with van der Waals surface area (Å²) in [6, 6.07) is 12.3. The number of hydrogen-bond donors (Lipinski definition) is 1. The lowest BCUT2D eigenvalue weighted by atomic mass is 10.2. The monoisotopic (exact) mass is 299 g/mol. The molecule has 0 aromatic heterocycles. The molecule has 1 unspecified atom stereocenters. The summed E-state index contributed by atoms with van der Waals surface area (Å²) in [6.07, 6.45) is 0. The molecule has 2 aromatic rings. The van der Waals surface area contributed by atoms with E-state index >= 15 is 0 Å². The van der Waals surface area contributed by atoms with Gasteiger partial charge in [0.15, 0.2) is 0 Å². The smallest absolute Gasteiger partial charge is 0.0595 e.